The Bertz CT molecular complexity index is 999. The van der Waals surface area contributed by atoms with Gasteiger partial charge in [0, 0.05) is 6.07 Å². The van der Waals surface area contributed by atoms with Gasteiger partial charge < -0.3 is 9.47 Å². The van der Waals surface area contributed by atoms with Gasteiger partial charge in [0.2, 0.25) is 0 Å². The summed E-state index contributed by atoms with van der Waals surface area (Å²) >= 11 is 0. The number of benzene rings is 2. The first kappa shape index (κ1) is 18.4. The summed E-state index contributed by atoms with van der Waals surface area (Å²) in [5.41, 5.74) is 2.31. The van der Waals surface area contributed by atoms with Crippen LogP contribution in [0.2, 0.25) is 0 Å². The van der Waals surface area contributed by atoms with Gasteiger partial charge in [-0.25, -0.2) is 4.98 Å². The van der Waals surface area contributed by atoms with E-state index in [1.165, 1.54) is 6.07 Å². The maximum atomic E-state index is 11.1. The molecule has 0 aliphatic rings. The molecular weight excluding hydrogens is 344 g/mol. The third-order valence-electron chi connectivity index (χ3n) is 4.02. The molecule has 0 radical (unpaired) electrons. The monoisotopic (exact) mass is 364 g/mol. The van der Waals surface area contributed by atoms with Crippen LogP contribution in [0, 0.1) is 10.1 Å². The van der Waals surface area contributed by atoms with Crippen molar-refractivity contribution in [1.29, 1.82) is 0 Å². The van der Waals surface area contributed by atoms with Gasteiger partial charge in [0.05, 0.1) is 35.2 Å². The SMILES string of the molecule is CCCOc1ccc(/C=C/c2ccc3c([N+](=O)[O-])cccc3n2)cc1OC. The smallest absolute Gasteiger partial charge is 0.278 e. The van der Waals surface area contributed by atoms with Crippen LogP contribution in [0.1, 0.15) is 24.6 Å². The fraction of sp³-hybridized carbons (Fsp3) is 0.190. The molecule has 1 aromatic heterocycles. The summed E-state index contributed by atoms with van der Waals surface area (Å²) in [6.45, 7) is 2.69. The average molecular weight is 364 g/mol. The molecule has 0 aliphatic heterocycles. The number of ether oxygens (including phenoxy) is 2. The molecule has 6 heteroatoms. The van der Waals surface area contributed by atoms with Crippen molar-refractivity contribution in [2.45, 2.75) is 13.3 Å². The molecule has 0 amide bonds. The quantitative estimate of drug-likeness (QED) is 0.430. The number of hydrogen-bond donors (Lipinski definition) is 0. The summed E-state index contributed by atoms with van der Waals surface area (Å²) in [7, 11) is 1.61. The number of pyridine rings is 1. The second-order valence-electron chi connectivity index (χ2n) is 5.93. The lowest BCUT2D eigenvalue weighted by Crippen LogP contribution is -1.97. The summed E-state index contributed by atoms with van der Waals surface area (Å²) in [6, 6.07) is 14.1. The molecule has 27 heavy (non-hydrogen) atoms. The molecule has 0 unspecified atom stereocenters. The molecule has 0 saturated heterocycles. The van der Waals surface area contributed by atoms with Gasteiger partial charge >= 0.3 is 0 Å². The van der Waals surface area contributed by atoms with Crippen molar-refractivity contribution >= 4 is 28.7 Å². The standard InChI is InChI=1S/C21H20N2O4/c1-3-13-27-20-12-8-15(14-21(20)26-2)7-9-16-10-11-17-18(22-16)5-4-6-19(17)23(24)25/h4-12,14H,3,13H2,1-2H3/b9-7+. The zero-order valence-electron chi connectivity index (χ0n) is 15.2. The van der Waals surface area contributed by atoms with Gasteiger partial charge in [-0.3, -0.25) is 10.1 Å². The fourth-order valence-corrected chi connectivity index (χ4v) is 2.71. The predicted octanol–water partition coefficient (Wildman–Crippen LogP) is 5.11. The molecule has 0 spiro atoms. The Morgan fingerprint density at radius 2 is 1.96 bits per heavy atom. The number of aromatic nitrogens is 1. The second-order valence-corrected chi connectivity index (χ2v) is 5.93. The summed E-state index contributed by atoms with van der Waals surface area (Å²) in [6.07, 6.45) is 4.70. The van der Waals surface area contributed by atoms with Crippen LogP contribution in [0.25, 0.3) is 23.1 Å². The number of hydrogen-bond acceptors (Lipinski definition) is 5. The van der Waals surface area contributed by atoms with Gasteiger partial charge in [-0.15, -0.1) is 0 Å². The van der Waals surface area contributed by atoms with Crippen LogP contribution in [-0.4, -0.2) is 23.6 Å². The van der Waals surface area contributed by atoms with Crippen molar-refractivity contribution in [3.8, 4) is 11.5 Å². The Hall–Kier alpha value is -3.41. The van der Waals surface area contributed by atoms with E-state index in [0.29, 0.717) is 34.7 Å². The number of nitrogens with zero attached hydrogens (tertiary/aromatic N) is 2. The summed E-state index contributed by atoms with van der Waals surface area (Å²) in [5, 5.41) is 11.6. The van der Waals surface area contributed by atoms with E-state index < -0.39 is 4.92 Å². The number of nitro groups is 1. The lowest BCUT2D eigenvalue weighted by atomic mass is 10.1. The van der Waals surface area contributed by atoms with Crippen LogP contribution < -0.4 is 9.47 Å². The predicted molar refractivity (Wildman–Crippen MR) is 106 cm³/mol. The molecule has 0 atom stereocenters. The molecule has 3 rings (SSSR count). The van der Waals surface area contributed by atoms with Crippen LogP contribution in [0.5, 0.6) is 11.5 Å². The largest absolute Gasteiger partial charge is 0.493 e. The Labute approximate surface area is 157 Å². The molecule has 1 heterocycles. The number of non-ortho nitro benzene ring substituents is 1. The highest BCUT2D eigenvalue weighted by atomic mass is 16.6. The van der Waals surface area contributed by atoms with Crippen molar-refractivity contribution in [3.63, 3.8) is 0 Å². The third kappa shape index (κ3) is 4.23. The van der Waals surface area contributed by atoms with Crippen LogP contribution in [-0.2, 0) is 0 Å². The van der Waals surface area contributed by atoms with Gasteiger partial charge in [0.1, 0.15) is 0 Å². The first-order valence-corrected chi connectivity index (χ1v) is 8.65. The number of fused-ring (bicyclic) bond motifs is 1. The molecule has 0 N–H and O–H groups in total. The molecule has 0 bridgehead atoms. The first-order valence-electron chi connectivity index (χ1n) is 8.65. The maximum absolute atomic E-state index is 11.1. The zero-order chi connectivity index (χ0) is 19.2. The van der Waals surface area contributed by atoms with Crippen molar-refractivity contribution in [2.24, 2.45) is 0 Å². The topological polar surface area (TPSA) is 74.5 Å². The van der Waals surface area contributed by atoms with Crippen molar-refractivity contribution in [3.05, 3.63) is 69.9 Å². The van der Waals surface area contributed by atoms with Crippen molar-refractivity contribution in [1.82, 2.24) is 4.98 Å². The highest BCUT2D eigenvalue weighted by Crippen LogP contribution is 2.29. The Kier molecular flexibility index (Phi) is 5.66. The van der Waals surface area contributed by atoms with E-state index in [2.05, 4.69) is 11.9 Å². The number of nitro benzene ring substituents is 1. The van der Waals surface area contributed by atoms with Gasteiger partial charge in [0.15, 0.2) is 11.5 Å². The minimum atomic E-state index is -0.395. The van der Waals surface area contributed by atoms with Crippen molar-refractivity contribution < 1.29 is 14.4 Å². The molecule has 138 valence electrons. The fourth-order valence-electron chi connectivity index (χ4n) is 2.71. The van der Waals surface area contributed by atoms with Crippen LogP contribution >= 0.6 is 0 Å². The summed E-state index contributed by atoms with van der Waals surface area (Å²) in [4.78, 5) is 15.2. The van der Waals surface area contributed by atoms with E-state index in [0.717, 1.165) is 12.0 Å². The highest BCUT2D eigenvalue weighted by molar-refractivity contribution is 5.89. The first-order chi connectivity index (χ1) is 13.1. The van der Waals surface area contributed by atoms with Crippen LogP contribution in [0.15, 0.2) is 48.5 Å². The minimum absolute atomic E-state index is 0.0583. The van der Waals surface area contributed by atoms with E-state index >= 15 is 0 Å². The lowest BCUT2D eigenvalue weighted by Gasteiger charge is -2.10. The number of methoxy groups -OCH3 is 1. The highest BCUT2D eigenvalue weighted by Gasteiger charge is 2.11. The number of rotatable bonds is 7. The lowest BCUT2D eigenvalue weighted by molar-refractivity contribution is -0.383. The van der Waals surface area contributed by atoms with Gasteiger partial charge in [-0.05, 0) is 48.4 Å². The van der Waals surface area contributed by atoms with Crippen LogP contribution in [0.4, 0.5) is 5.69 Å². The molecule has 6 nitrogen and oxygen atoms in total. The molecule has 0 fully saturated rings. The Morgan fingerprint density at radius 3 is 2.70 bits per heavy atom. The van der Waals surface area contributed by atoms with E-state index in [9.17, 15) is 10.1 Å². The second kappa shape index (κ2) is 8.31. The molecule has 3 aromatic rings. The summed E-state index contributed by atoms with van der Waals surface area (Å²) in [5.74, 6) is 1.39. The minimum Gasteiger partial charge on any atom is -0.493 e. The zero-order valence-corrected chi connectivity index (χ0v) is 15.2. The van der Waals surface area contributed by atoms with Gasteiger partial charge in [0.25, 0.3) is 5.69 Å². The maximum Gasteiger partial charge on any atom is 0.278 e. The molecule has 2 aromatic carbocycles. The van der Waals surface area contributed by atoms with E-state index in [1.54, 1.807) is 31.4 Å². The molecular formula is C21H20N2O4. The Morgan fingerprint density at radius 1 is 1.11 bits per heavy atom. The van der Waals surface area contributed by atoms with E-state index in [1.807, 2.05) is 30.4 Å². The van der Waals surface area contributed by atoms with E-state index in [4.69, 9.17) is 9.47 Å². The van der Waals surface area contributed by atoms with Crippen LogP contribution in [0.3, 0.4) is 0 Å². The normalized spacial score (nSPS) is 11.0. The summed E-state index contributed by atoms with van der Waals surface area (Å²) < 4.78 is 11.0. The average Bonchev–Trinajstić information content (AvgIpc) is 2.70. The molecule has 0 saturated carbocycles. The Balaban J connectivity index is 1.86. The third-order valence-corrected chi connectivity index (χ3v) is 4.02. The van der Waals surface area contributed by atoms with Crippen molar-refractivity contribution in [2.75, 3.05) is 13.7 Å². The van der Waals surface area contributed by atoms with E-state index in [-0.39, 0.29) is 5.69 Å². The van der Waals surface area contributed by atoms with Gasteiger partial charge in [-0.1, -0.05) is 25.1 Å². The van der Waals surface area contributed by atoms with Gasteiger partial charge in [-0.2, -0.15) is 0 Å². The molecule has 0 aliphatic carbocycles.